The van der Waals surface area contributed by atoms with E-state index in [0.717, 1.165) is 5.69 Å². The number of para-hydroxylation sites is 1. The van der Waals surface area contributed by atoms with E-state index in [1.807, 2.05) is 42.3 Å². The van der Waals surface area contributed by atoms with Crippen LogP contribution in [0.15, 0.2) is 108 Å². The van der Waals surface area contributed by atoms with Gasteiger partial charge in [0.05, 0.1) is 6.07 Å². The van der Waals surface area contributed by atoms with E-state index in [2.05, 4.69) is 13.2 Å². The summed E-state index contributed by atoms with van der Waals surface area (Å²) >= 11 is 0. The molecule has 0 spiro atoms. The molecule has 0 aromatic heterocycles. The zero-order chi connectivity index (χ0) is 31.0. The molecule has 9 heteroatoms. The van der Waals surface area contributed by atoms with Crippen molar-refractivity contribution in [3.8, 4) is 22.5 Å². The maximum absolute atomic E-state index is 15.6. The van der Waals surface area contributed by atoms with E-state index in [9.17, 15) is 23.1 Å². The van der Waals surface area contributed by atoms with Crippen LogP contribution in [0.1, 0.15) is 10.4 Å². The van der Waals surface area contributed by atoms with Crippen molar-refractivity contribution in [2.75, 3.05) is 19.0 Å². The number of benzene rings is 4. The van der Waals surface area contributed by atoms with Crippen LogP contribution in [0.2, 0.25) is 0 Å². The number of halogens is 4. The topological polar surface area (TPSA) is 56.7 Å². The number of hydrogen-bond donors (Lipinski definition) is 1. The molecule has 3 aromatic rings. The van der Waals surface area contributed by atoms with Crippen LogP contribution >= 0.6 is 0 Å². The van der Waals surface area contributed by atoms with Crippen LogP contribution < -0.4 is 14.8 Å². The Morgan fingerprint density at radius 3 is 2.23 bits per heavy atom. The predicted octanol–water partition coefficient (Wildman–Crippen LogP) is 7.89. The summed E-state index contributed by atoms with van der Waals surface area (Å²) in [5.41, 5.74) is 0.0566. The summed E-state index contributed by atoms with van der Waals surface area (Å²) in [4.78, 5) is 14.0. The Bertz CT molecular complexity index is 2010. The van der Waals surface area contributed by atoms with Crippen molar-refractivity contribution in [1.82, 2.24) is 4.58 Å². The van der Waals surface area contributed by atoms with Crippen LogP contribution in [0.3, 0.4) is 0 Å². The molecule has 216 valence electrons. The lowest BCUT2D eigenvalue weighted by Gasteiger charge is -2.22. The lowest BCUT2D eigenvalue weighted by molar-refractivity contribution is 0.0690. The van der Waals surface area contributed by atoms with Gasteiger partial charge in [-0.2, -0.15) is 4.58 Å². The molecule has 3 aromatic carbocycles. The highest BCUT2D eigenvalue weighted by Gasteiger charge is 2.33. The van der Waals surface area contributed by atoms with Gasteiger partial charge in [-0.3, -0.25) is 0 Å². The van der Waals surface area contributed by atoms with Gasteiger partial charge >= 0.3 is 5.97 Å². The molecule has 1 N–H and O–H groups in total. The molecule has 1 heterocycles. The van der Waals surface area contributed by atoms with Gasteiger partial charge in [0.2, 0.25) is 11.1 Å². The van der Waals surface area contributed by atoms with Gasteiger partial charge in [0.1, 0.15) is 24.0 Å². The van der Waals surface area contributed by atoms with E-state index >= 15 is 4.39 Å². The fourth-order valence-electron chi connectivity index (χ4n) is 5.01. The van der Waals surface area contributed by atoms with Crippen molar-refractivity contribution < 1.29 is 31.9 Å². The summed E-state index contributed by atoms with van der Waals surface area (Å²) in [6.45, 7) is 7.51. The standard InChI is InChI=1S/C34H24F4N2O3/c1-5-10-19(6-2)39(3)21-13-15-23-25(17-21)43-26-18-22(40(4)20-11-8-7-9-12-20)14-16-24(26)27(23)28-29(34(41)42)31(36)33(38)32(37)30(28)35/h5-18H,1-2H2,3-4H3/p+1/b19-10+. The molecular formula is C34H25F4N2O3+. The Balaban J connectivity index is 1.93. The van der Waals surface area contributed by atoms with Crippen LogP contribution in [0.4, 0.5) is 28.9 Å². The number of rotatable bonds is 7. The van der Waals surface area contributed by atoms with Crippen molar-refractivity contribution in [3.63, 3.8) is 0 Å². The summed E-state index contributed by atoms with van der Waals surface area (Å²) in [5, 5.41) is 10.6. The third-order valence-electron chi connectivity index (χ3n) is 7.22. The maximum atomic E-state index is 15.6. The first-order valence-corrected chi connectivity index (χ1v) is 13.0. The van der Waals surface area contributed by atoms with Crippen LogP contribution in [0, 0.1) is 23.3 Å². The number of nitrogens with zero attached hydrogens (tertiary/aromatic N) is 2. The Hall–Kier alpha value is -5.44. The van der Waals surface area contributed by atoms with Crippen molar-refractivity contribution >= 4 is 28.3 Å². The summed E-state index contributed by atoms with van der Waals surface area (Å²) in [6.07, 6.45) is 4.92. The minimum Gasteiger partial charge on any atom is -0.478 e. The molecule has 1 aliphatic heterocycles. The molecule has 0 atom stereocenters. The minimum atomic E-state index is -2.21. The second-order valence-corrected chi connectivity index (χ2v) is 9.63. The van der Waals surface area contributed by atoms with Gasteiger partial charge in [-0.05, 0) is 30.3 Å². The molecule has 43 heavy (non-hydrogen) atoms. The minimum absolute atomic E-state index is 0.147. The van der Waals surface area contributed by atoms with E-state index in [4.69, 9.17) is 4.42 Å². The first-order valence-electron chi connectivity index (χ1n) is 13.0. The van der Waals surface area contributed by atoms with E-state index in [1.165, 1.54) is 12.1 Å². The Labute approximate surface area is 244 Å². The highest BCUT2D eigenvalue weighted by Crippen LogP contribution is 2.44. The zero-order valence-electron chi connectivity index (χ0n) is 23.2. The second kappa shape index (κ2) is 11.4. The van der Waals surface area contributed by atoms with Crippen molar-refractivity contribution in [2.45, 2.75) is 0 Å². The van der Waals surface area contributed by atoms with Gasteiger partial charge in [0.25, 0.3) is 0 Å². The summed E-state index contributed by atoms with van der Waals surface area (Å²) in [6, 6.07) is 19.0. The fourth-order valence-corrected chi connectivity index (χ4v) is 5.01. The third kappa shape index (κ3) is 4.99. The summed E-state index contributed by atoms with van der Waals surface area (Å²) in [5.74, 6) is -10.00. The number of hydrogen-bond acceptors (Lipinski definition) is 3. The molecule has 2 aliphatic rings. The summed E-state index contributed by atoms with van der Waals surface area (Å²) in [7, 11) is 3.58. The highest BCUT2D eigenvalue weighted by atomic mass is 19.2. The molecule has 0 saturated heterocycles. The van der Waals surface area contributed by atoms with Gasteiger partial charge in [-0.15, -0.1) is 0 Å². The van der Waals surface area contributed by atoms with Crippen LogP contribution in [-0.4, -0.2) is 25.2 Å². The smallest absolute Gasteiger partial charge is 0.339 e. The molecule has 0 radical (unpaired) electrons. The Morgan fingerprint density at radius 1 is 0.884 bits per heavy atom. The quantitative estimate of drug-likeness (QED) is 0.0527. The number of fused-ring (bicyclic) bond motifs is 2. The molecule has 0 saturated carbocycles. The van der Waals surface area contributed by atoms with Crippen molar-refractivity contribution in [1.29, 1.82) is 0 Å². The van der Waals surface area contributed by atoms with E-state index in [-0.39, 0.29) is 27.9 Å². The summed E-state index contributed by atoms with van der Waals surface area (Å²) < 4.78 is 67.5. The Morgan fingerprint density at radius 2 is 1.58 bits per heavy atom. The average Bonchev–Trinajstić information content (AvgIpc) is 3.02. The molecular weight excluding hydrogens is 560 g/mol. The first-order chi connectivity index (χ1) is 20.6. The van der Waals surface area contributed by atoms with Gasteiger partial charge < -0.3 is 14.4 Å². The number of likely N-dealkylation sites (N-methyl/N-ethyl adjacent to an activating group) is 1. The third-order valence-corrected chi connectivity index (χ3v) is 7.22. The lowest BCUT2D eigenvalue weighted by atomic mass is 9.89. The number of anilines is 2. The van der Waals surface area contributed by atoms with E-state index in [1.54, 1.807) is 54.1 Å². The van der Waals surface area contributed by atoms with Gasteiger partial charge in [0, 0.05) is 64.8 Å². The fraction of sp³-hybridized carbons (Fsp3) is 0.0588. The number of carbonyl (C=O) groups is 1. The lowest BCUT2D eigenvalue weighted by Crippen LogP contribution is -2.24. The number of carboxylic acids is 1. The first kappa shape index (κ1) is 29.1. The van der Waals surface area contributed by atoms with Crippen LogP contribution in [-0.2, 0) is 0 Å². The van der Waals surface area contributed by atoms with E-state index in [0.29, 0.717) is 16.7 Å². The van der Waals surface area contributed by atoms with Gasteiger partial charge in [0.15, 0.2) is 23.3 Å². The molecule has 0 bridgehead atoms. The Kier molecular flexibility index (Phi) is 7.74. The van der Waals surface area contributed by atoms with Gasteiger partial charge in [-0.1, -0.05) is 37.4 Å². The van der Waals surface area contributed by atoms with Crippen LogP contribution in [0.25, 0.3) is 33.4 Å². The molecule has 5 nitrogen and oxygen atoms in total. The van der Waals surface area contributed by atoms with Crippen molar-refractivity contribution in [3.05, 3.63) is 138 Å². The molecule has 0 amide bonds. The SMILES string of the molecule is C=C/C=C(\C=C)[N+](C)=c1ccc2c(-c3c(F)c(F)c(F)c(F)c3C(=O)O)c3ccc(N(C)c4ccccc4)cc3oc-2c1. The number of aromatic carboxylic acids is 1. The normalized spacial score (nSPS) is 12.4. The monoisotopic (exact) mass is 585 g/mol. The van der Waals surface area contributed by atoms with Gasteiger partial charge in [-0.25, -0.2) is 22.4 Å². The zero-order valence-corrected chi connectivity index (χ0v) is 23.2. The molecule has 0 fully saturated rings. The molecule has 5 rings (SSSR count). The number of allylic oxidation sites excluding steroid dienone is 3. The van der Waals surface area contributed by atoms with Crippen molar-refractivity contribution in [2.24, 2.45) is 0 Å². The van der Waals surface area contributed by atoms with Crippen LogP contribution in [0.5, 0.6) is 0 Å². The second-order valence-electron chi connectivity index (χ2n) is 9.63. The molecule has 1 aliphatic carbocycles. The molecule has 0 unspecified atom stereocenters. The van der Waals surface area contributed by atoms with E-state index < -0.39 is 40.4 Å². The number of carboxylic acid groups (broad SMARTS) is 1. The predicted molar refractivity (Wildman–Crippen MR) is 159 cm³/mol. The largest absolute Gasteiger partial charge is 0.478 e. The highest BCUT2D eigenvalue weighted by molar-refractivity contribution is 6.08. The average molecular weight is 586 g/mol. The maximum Gasteiger partial charge on any atom is 0.339 e.